The SMILES string of the molecule is C[C@H]1[C@H]2NC(=O)N(c3ccc(F)cc3)[C@@]1(C)Oc1ccc(Br)cc12. The van der Waals surface area contributed by atoms with E-state index in [0.717, 1.165) is 15.8 Å². The molecule has 0 spiro atoms. The van der Waals surface area contributed by atoms with Gasteiger partial charge in [-0.1, -0.05) is 22.9 Å². The molecule has 2 aromatic carbocycles. The number of rotatable bonds is 1. The summed E-state index contributed by atoms with van der Waals surface area (Å²) in [4.78, 5) is 14.3. The van der Waals surface area contributed by atoms with E-state index in [4.69, 9.17) is 4.74 Å². The summed E-state index contributed by atoms with van der Waals surface area (Å²) >= 11 is 3.47. The topological polar surface area (TPSA) is 41.6 Å². The van der Waals surface area contributed by atoms with Crippen molar-refractivity contribution in [2.75, 3.05) is 4.90 Å². The molecule has 0 aromatic heterocycles. The van der Waals surface area contributed by atoms with Crippen LogP contribution in [0, 0.1) is 11.7 Å². The Morgan fingerprint density at radius 3 is 2.67 bits per heavy atom. The van der Waals surface area contributed by atoms with E-state index < -0.39 is 5.72 Å². The Morgan fingerprint density at radius 1 is 1.25 bits per heavy atom. The van der Waals surface area contributed by atoms with Gasteiger partial charge in [-0.3, -0.25) is 4.90 Å². The van der Waals surface area contributed by atoms with E-state index in [1.165, 1.54) is 12.1 Å². The van der Waals surface area contributed by atoms with Crippen LogP contribution in [-0.4, -0.2) is 11.8 Å². The van der Waals surface area contributed by atoms with E-state index in [2.05, 4.69) is 21.2 Å². The maximum Gasteiger partial charge on any atom is 0.325 e. The third-order valence-electron chi connectivity index (χ3n) is 4.98. The molecule has 6 heteroatoms. The lowest BCUT2D eigenvalue weighted by atomic mass is 9.80. The molecule has 4 nitrogen and oxygen atoms in total. The Morgan fingerprint density at radius 2 is 1.96 bits per heavy atom. The van der Waals surface area contributed by atoms with Gasteiger partial charge in [-0.15, -0.1) is 0 Å². The number of ether oxygens (including phenoxy) is 1. The molecule has 2 aliphatic heterocycles. The molecule has 124 valence electrons. The van der Waals surface area contributed by atoms with E-state index in [1.807, 2.05) is 32.0 Å². The van der Waals surface area contributed by atoms with E-state index >= 15 is 0 Å². The van der Waals surface area contributed by atoms with Crippen molar-refractivity contribution in [2.45, 2.75) is 25.6 Å². The van der Waals surface area contributed by atoms with Gasteiger partial charge in [0.25, 0.3) is 0 Å². The number of urea groups is 1. The van der Waals surface area contributed by atoms with Crippen LogP contribution in [0.2, 0.25) is 0 Å². The van der Waals surface area contributed by atoms with Crippen LogP contribution in [0.4, 0.5) is 14.9 Å². The molecule has 0 unspecified atom stereocenters. The maximum atomic E-state index is 13.3. The van der Waals surface area contributed by atoms with Crippen molar-refractivity contribution in [3.63, 3.8) is 0 Å². The zero-order valence-corrected chi connectivity index (χ0v) is 14.8. The highest BCUT2D eigenvalue weighted by atomic mass is 79.9. The summed E-state index contributed by atoms with van der Waals surface area (Å²) in [7, 11) is 0. The molecule has 1 N–H and O–H groups in total. The number of carbonyl (C=O) groups excluding carboxylic acids is 1. The fraction of sp³-hybridized carbons (Fsp3) is 0.278. The first-order chi connectivity index (χ1) is 11.4. The summed E-state index contributed by atoms with van der Waals surface area (Å²) in [6.45, 7) is 3.95. The van der Waals surface area contributed by atoms with Gasteiger partial charge in [0.1, 0.15) is 11.6 Å². The van der Waals surface area contributed by atoms with Gasteiger partial charge in [-0.05, 0) is 49.4 Å². The molecule has 1 fully saturated rings. The predicted octanol–water partition coefficient (Wildman–Crippen LogP) is 4.60. The van der Waals surface area contributed by atoms with Crippen molar-refractivity contribution in [2.24, 2.45) is 5.92 Å². The molecule has 1 saturated heterocycles. The molecule has 0 aliphatic carbocycles. The minimum atomic E-state index is -0.855. The number of hydrogen-bond acceptors (Lipinski definition) is 2. The number of nitrogens with one attached hydrogen (secondary N) is 1. The molecule has 2 aromatic rings. The first-order valence-electron chi connectivity index (χ1n) is 7.75. The van der Waals surface area contributed by atoms with Crippen LogP contribution < -0.4 is 15.0 Å². The lowest BCUT2D eigenvalue weighted by Crippen LogP contribution is -2.69. The average molecular weight is 391 g/mol. The third kappa shape index (κ3) is 2.13. The smallest absolute Gasteiger partial charge is 0.325 e. The molecule has 0 saturated carbocycles. The van der Waals surface area contributed by atoms with E-state index in [-0.39, 0.29) is 23.8 Å². The van der Waals surface area contributed by atoms with Crippen LogP contribution in [0.1, 0.15) is 25.5 Å². The number of benzene rings is 2. The normalized spacial score (nSPS) is 28.0. The van der Waals surface area contributed by atoms with Gasteiger partial charge in [-0.25, -0.2) is 9.18 Å². The van der Waals surface area contributed by atoms with Crippen molar-refractivity contribution >= 4 is 27.6 Å². The summed E-state index contributed by atoms with van der Waals surface area (Å²) in [6.07, 6.45) is 0. The lowest BCUT2D eigenvalue weighted by molar-refractivity contribution is -0.0126. The van der Waals surface area contributed by atoms with Gasteiger partial charge >= 0.3 is 6.03 Å². The van der Waals surface area contributed by atoms with Crippen LogP contribution in [-0.2, 0) is 0 Å². The number of carbonyl (C=O) groups is 1. The number of anilines is 1. The highest BCUT2D eigenvalue weighted by Gasteiger charge is 2.55. The van der Waals surface area contributed by atoms with Crippen LogP contribution in [0.25, 0.3) is 0 Å². The van der Waals surface area contributed by atoms with E-state index in [0.29, 0.717) is 5.69 Å². The highest BCUT2D eigenvalue weighted by Crippen LogP contribution is 2.49. The Bertz CT molecular complexity index is 826. The Kier molecular flexibility index (Phi) is 3.35. The lowest BCUT2D eigenvalue weighted by Gasteiger charge is -2.54. The first kappa shape index (κ1) is 15.4. The quantitative estimate of drug-likeness (QED) is 0.772. The molecule has 24 heavy (non-hydrogen) atoms. The molecule has 2 heterocycles. The number of halogens is 2. The summed E-state index contributed by atoms with van der Waals surface area (Å²) in [6, 6.07) is 11.3. The van der Waals surface area contributed by atoms with Crippen molar-refractivity contribution in [3.05, 3.63) is 58.3 Å². The molecule has 4 rings (SSSR count). The number of hydrogen-bond donors (Lipinski definition) is 1. The summed E-state index contributed by atoms with van der Waals surface area (Å²) < 4.78 is 20.5. The van der Waals surface area contributed by atoms with Gasteiger partial charge in [-0.2, -0.15) is 0 Å². The second kappa shape index (κ2) is 5.21. The van der Waals surface area contributed by atoms with Crippen molar-refractivity contribution in [3.8, 4) is 5.75 Å². The van der Waals surface area contributed by atoms with Gasteiger partial charge < -0.3 is 10.1 Å². The fourth-order valence-electron chi connectivity index (χ4n) is 3.56. The molecular formula is C18H16BrFN2O2. The minimum absolute atomic E-state index is 0.00190. The Balaban J connectivity index is 1.84. The zero-order valence-electron chi connectivity index (χ0n) is 13.2. The number of fused-ring (bicyclic) bond motifs is 4. The van der Waals surface area contributed by atoms with Crippen molar-refractivity contribution in [1.29, 1.82) is 0 Å². The Labute approximate surface area is 147 Å². The van der Waals surface area contributed by atoms with Crippen molar-refractivity contribution < 1.29 is 13.9 Å². The molecule has 3 atom stereocenters. The van der Waals surface area contributed by atoms with Crippen LogP contribution in [0.3, 0.4) is 0 Å². The van der Waals surface area contributed by atoms with Crippen LogP contribution in [0.5, 0.6) is 5.75 Å². The van der Waals surface area contributed by atoms with Gasteiger partial charge in [0.15, 0.2) is 5.72 Å². The second-order valence-electron chi connectivity index (χ2n) is 6.37. The Hall–Kier alpha value is -2.08. The van der Waals surface area contributed by atoms with Crippen molar-refractivity contribution in [1.82, 2.24) is 5.32 Å². The first-order valence-corrected chi connectivity index (χ1v) is 8.54. The van der Waals surface area contributed by atoms with Gasteiger partial charge in [0.2, 0.25) is 0 Å². The van der Waals surface area contributed by atoms with Crippen LogP contribution in [0.15, 0.2) is 46.9 Å². The number of nitrogens with zero attached hydrogens (tertiary/aromatic N) is 1. The zero-order chi connectivity index (χ0) is 17.1. The molecule has 2 amide bonds. The number of amides is 2. The largest absolute Gasteiger partial charge is 0.467 e. The standard InChI is InChI=1S/C18H16BrFN2O2/c1-10-16-14-9-11(19)3-8-15(14)24-18(10,2)22(17(23)21-16)13-6-4-12(20)5-7-13/h3-10,16H,1-2H3,(H,21,23)/t10-,16+,18-/m0/s1. The highest BCUT2D eigenvalue weighted by molar-refractivity contribution is 9.10. The summed E-state index contributed by atoms with van der Waals surface area (Å²) in [5.41, 5.74) is 0.704. The predicted molar refractivity (Wildman–Crippen MR) is 92.5 cm³/mol. The van der Waals surface area contributed by atoms with Crippen LogP contribution >= 0.6 is 15.9 Å². The molecule has 2 bridgehead atoms. The minimum Gasteiger partial charge on any atom is -0.467 e. The second-order valence-corrected chi connectivity index (χ2v) is 7.28. The van der Waals surface area contributed by atoms with Gasteiger partial charge in [0.05, 0.1) is 6.04 Å². The maximum absolute atomic E-state index is 13.3. The van der Waals surface area contributed by atoms with E-state index in [1.54, 1.807) is 17.0 Å². The summed E-state index contributed by atoms with van der Waals surface area (Å²) in [5.74, 6) is 0.407. The fourth-order valence-corrected chi connectivity index (χ4v) is 3.94. The average Bonchev–Trinajstić information content (AvgIpc) is 2.53. The summed E-state index contributed by atoms with van der Waals surface area (Å²) in [5, 5.41) is 3.06. The van der Waals surface area contributed by atoms with Gasteiger partial charge in [0, 0.05) is 21.6 Å². The molecule has 0 radical (unpaired) electrons. The monoisotopic (exact) mass is 390 g/mol. The van der Waals surface area contributed by atoms with E-state index in [9.17, 15) is 9.18 Å². The molecule has 2 aliphatic rings. The molecular weight excluding hydrogens is 375 g/mol. The third-order valence-corrected chi connectivity index (χ3v) is 5.47.